The predicted octanol–water partition coefficient (Wildman–Crippen LogP) is 1.11. The highest BCUT2D eigenvalue weighted by Crippen LogP contribution is 2.31. The van der Waals surface area contributed by atoms with Gasteiger partial charge in [0.05, 0.1) is 11.7 Å². The molecule has 134 valence electrons. The number of halogens is 3. The lowest BCUT2D eigenvalue weighted by atomic mass is 10.1. The molecule has 1 aliphatic heterocycles. The minimum absolute atomic E-state index is 0.103. The number of rotatable bonds is 2. The number of hydrogen-bond acceptors (Lipinski definition) is 4. The molecule has 0 spiro atoms. The Kier molecular flexibility index (Phi) is 4.56. The Morgan fingerprint density at radius 2 is 1.92 bits per heavy atom. The van der Waals surface area contributed by atoms with Crippen molar-refractivity contribution < 1.29 is 23.1 Å². The van der Waals surface area contributed by atoms with Crippen LogP contribution in [0, 0.1) is 0 Å². The van der Waals surface area contributed by atoms with E-state index in [4.69, 9.17) is 0 Å². The minimum Gasteiger partial charge on any atom is -0.391 e. The molecule has 1 aliphatic carbocycles. The van der Waals surface area contributed by atoms with Crippen LogP contribution < -0.4 is 0 Å². The van der Waals surface area contributed by atoms with Crippen LogP contribution in [0.15, 0.2) is 6.20 Å². The maximum absolute atomic E-state index is 13.0. The summed E-state index contributed by atoms with van der Waals surface area (Å²) in [5, 5.41) is 13.4. The summed E-state index contributed by atoms with van der Waals surface area (Å²) in [6, 6.07) is 0.103. The van der Waals surface area contributed by atoms with E-state index >= 15 is 0 Å². The van der Waals surface area contributed by atoms with E-state index in [-0.39, 0.29) is 12.1 Å². The van der Waals surface area contributed by atoms with Crippen molar-refractivity contribution in [1.82, 2.24) is 19.6 Å². The van der Waals surface area contributed by atoms with Crippen molar-refractivity contribution in [3.05, 3.63) is 17.5 Å². The number of aliphatic hydroxyl groups excluding tert-OH is 1. The second-order valence-corrected chi connectivity index (χ2v) is 6.46. The van der Waals surface area contributed by atoms with E-state index in [0.29, 0.717) is 26.2 Å². The predicted molar refractivity (Wildman–Crippen MR) is 79.3 cm³/mol. The second kappa shape index (κ2) is 6.36. The molecule has 0 bridgehead atoms. The van der Waals surface area contributed by atoms with Crippen LogP contribution in [0.5, 0.6) is 0 Å². The monoisotopic (exact) mass is 346 g/mol. The molecule has 2 heterocycles. The normalized spacial score (nSPS) is 26.1. The largest absolute Gasteiger partial charge is 0.435 e. The molecule has 1 saturated heterocycles. The van der Waals surface area contributed by atoms with Crippen LogP contribution in [0.25, 0.3) is 0 Å². The van der Waals surface area contributed by atoms with Crippen molar-refractivity contribution in [3.63, 3.8) is 0 Å². The molecular weight excluding hydrogens is 325 g/mol. The first-order chi connectivity index (χ1) is 11.3. The van der Waals surface area contributed by atoms with E-state index in [1.165, 1.54) is 11.9 Å². The zero-order valence-electron chi connectivity index (χ0n) is 13.5. The van der Waals surface area contributed by atoms with Crippen molar-refractivity contribution in [1.29, 1.82) is 0 Å². The van der Waals surface area contributed by atoms with Crippen LogP contribution in [-0.2, 0) is 13.2 Å². The summed E-state index contributed by atoms with van der Waals surface area (Å²) in [5.41, 5.74) is -1.54. The van der Waals surface area contributed by atoms with Crippen LogP contribution in [0.4, 0.5) is 13.2 Å². The maximum Gasteiger partial charge on any atom is 0.435 e. The van der Waals surface area contributed by atoms with Gasteiger partial charge in [0.15, 0.2) is 5.69 Å². The lowest BCUT2D eigenvalue weighted by molar-refractivity contribution is -0.141. The summed E-state index contributed by atoms with van der Waals surface area (Å²) in [6.07, 6.45) is -1.18. The van der Waals surface area contributed by atoms with E-state index in [9.17, 15) is 23.1 Å². The van der Waals surface area contributed by atoms with Gasteiger partial charge in [-0.2, -0.15) is 18.3 Å². The quantitative estimate of drug-likeness (QED) is 0.872. The van der Waals surface area contributed by atoms with Crippen LogP contribution >= 0.6 is 0 Å². The molecule has 3 rings (SSSR count). The van der Waals surface area contributed by atoms with Crippen LogP contribution in [0.3, 0.4) is 0 Å². The topological polar surface area (TPSA) is 61.6 Å². The third-order valence-electron chi connectivity index (χ3n) is 4.84. The van der Waals surface area contributed by atoms with E-state index in [2.05, 4.69) is 10.00 Å². The first kappa shape index (κ1) is 17.2. The third-order valence-corrected chi connectivity index (χ3v) is 4.84. The van der Waals surface area contributed by atoms with E-state index in [1.807, 2.05) is 0 Å². The molecule has 1 amide bonds. The Morgan fingerprint density at radius 3 is 2.46 bits per heavy atom. The van der Waals surface area contributed by atoms with Gasteiger partial charge in [-0.05, 0) is 19.3 Å². The summed E-state index contributed by atoms with van der Waals surface area (Å²) < 4.78 is 40.1. The van der Waals surface area contributed by atoms with Crippen LogP contribution in [0.1, 0.15) is 35.3 Å². The average Bonchev–Trinajstić information content (AvgIpc) is 3.12. The molecule has 9 heteroatoms. The molecule has 2 aliphatic rings. The number of alkyl halides is 3. The lowest BCUT2D eigenvalue weighted by Crippen LogP contribution is -2.53. The molecule has 1 aromatic rings. The van der Waals surface area contributed by atoms with E-state index in [0.717, 1.165) is 30.1 Å². The highest BCUT2D eigenvalue weighted by atomic mass is 19.4. The molecule has 2 fully saturated rings. The summed E-state index contributed by atoms with van der Waals surface area (Å²) >= 11 is 0. The zero-order chi connectivity index (χ0) is 17.5. The summed E-state index contributed by atoms with van der Waals surface area (Å²) in [7, 11) is 1.37. The van der Waals surface area contributed by atoms with Gasteiger partial charge < -0.3 is 10.0 Å². The average molecular weight is 346 g/mol. The molecular formula is C15H21F3N4O2. The standard InChI is InChI=1S/C15H21F3N4O2/c1-20-9-10(13(19-20)15(16,17)18)14(24)22-7-5-21(6-8-22)11-3-2-4-12(11)23/h9,11-12,23H,2-8H2,1H3/t11-,12-/m0/s1. The minimum atomic E-state index is -4.65. The van der Waals surface area contributed by atoms with Gasteiger partial charge in [0.25, 0.3) is 5.91 Å². The third kappa shape index (κ3) is 3.27. The van der Waals surface area contributed by atoms with Crippen molar-refractivity contribution in [3.8, 4) is 0 Å². The molecule has 24 heavy (non-hydrogen) atoms. The highest BCUT2D eigenvalue weighted by Gasteiger charge is 2.40. The van der Waals surface area contributed by atoms with Gasteiger partial charge in [-0.15, -0.1) is 0 Å². The number of aryl methyl sites for hydroxylation is 1. The summed E-state index contributed by atoms with van der Waals surface area (Å²) in [5.74, 6) is -0.637. The summed E-state index contributed by atoms with van der Waals surface area (Å²) in [4.78, 5) is 16.0. The molecule has 6 nitrogen and oxygen atoms in total. The number of aliphatic hydroxyl groups is 1. The first-order valence-corrected chi connectivity index (χ1v) is 8.09. The van der Waals surface area contributed by atoms with E-state index in [1.54, 1.807) is 0 Å². The zero-order valence-corrected chi connectivity index (χ0v) is 13.5. The molecule has 1 saturated carbocycles. The van der Waals surface area contributed by atoms with Gasteiger partial charge in [0.2, 0.25) is 0 Å². The number of amides is 1. The van der Waals surface area contributed by atoms with Crippen LogP contribution in [0.2, 0.25) is 0 Å². The van der Waals surface area contributed by atoms with Gasteiger partial charge in [-0.1, -0.05) is 0 Å². The number of hydrogen-bond donors (Lipinski definition) is 1. The second-order valence-electron chi connectivity index (χ2n) is 6.46. The smallest absolute Gasteiger partial charge is 0.391 e. The SMILES string of the molecule is Cn1cc(C(=O)N2CCN([C@H]3CCC[C@@H]3O)CC2)c(C(F)(F)F)n1. The van der Waals surface area contributed by atoms with Crippen LogP contribution in [-0.4, -0.2) is 68.9 Å². The number of carbonyl (C=O) groups is 1. The molecule has 0 aromatic carbocycles. The molecule has 0 radical (unpaired) electrons. The Hall–Kier alpha value is -1.61. The Bertz CT molecular complexity index is 608. The summed E-state index contributed by atoms with van der Waals surface area (Å²) in [6.45, 7) is 1.84. The number of aromatic nitrogens is 2. The number of piperazine rings is 1. The Balaban J connectivity index is 1.68. The molecule has 2 atom stereocenters. The van der Waals surface area contributed by atoms with Gasteiger partial charge in [-0.3, -0.25) is 14.4 Å². The van der Waals surface area contributed by atoms with Crippen molar-refractivity contribution in [2.24, 2.45) is 7.05 Å². The van der Waals surface area contributed by atoms with E-state index < -0.39 is 23.3 Å². The number of nitrogens with zero attached hydrogens (tertiary/aromatic N) is 4. The molecule has 1 aromatic heterocycles. The van der Waals surface area contributed by atoms with Gasteiger partial charge >= 0.3 is 6.18 Å². The lowest BCUT2D eigenvalue weighted by Gasteiger charge is -2.39. The van der Waals surface area contributed by atoms with Crippen molar-refractivity contribution in [2.45, 2.75) is 37.6 Å². The van der Waals surface area contributed by atoms with Gasteiger partial charge in [0, 0.05) is 45.5 Å². The van der Waals surface area contributed by atoms with Gasteiger partial charge in [0.1, 0.15) is 0 Å². The van der Waals surface area contributed by atoms with Gasteiger partial charge in [-0.25, -0.2) is 0 Å². The van der Waals surface area contributed by atoms with Crippen molar-refractivity contribution >= 4 is 5.91 Å². The Labute approximate surface area is 137 Å². The molecule has 0 unspecified atom stereocenters. The fourth-order valence-electron chi connectivity index (χ4n) is 3.63. The van der Waals surface area contributed by atoms with Crippen molar-refractivity contribution in [2.75, 3.05) is 26.2 Å². The maximum atomic E-state index is 13.0. The number of carbonyl (C=O) groups excluding carboxylic acids is 1. The molecule has 1 N–H and O–H groups in total. The fraction of sp³-hybridized carbons (Fsp3) is 0.733. The Morgan fingerprint density at radius 1 is 1.25 bits per heavy atom. The highest BCUT2D eigenvalue weighted by molar-refractivity contribution is 5.95. The first-order valence-electron chi connectivity index (χ1n) is 8.09. The fourth-order valence-corrected chi connectivity index (χ4v) is 3.63.